The molecule has 0 fully saturated rings. The summed E-state index contributed by atoms with van der Waals surface area (Å²) in [7, 11) is 0. The van der Waals surface area contributed by atoms with Gasteiger partial charge in [0, 0.05) is 0 Å². The van der Waals surface area contributed by atoms with Crippen LogP contribution >= 0.6 is 0 Å². The molecule has 7 heteroatoms. The van der Waals surface area contributed by atoms with Gasteiger partial charge in [-0.2, -0.15) is 13.2 Å². The van der Waals surface area contributed by atoms with Crippen LogP contribution in [0.2, 0.25) is 0 Å². The third kappa shape index (κ3) is 6.84. The Morgan fingerprint density at radius 2 is 2.00 bits per heavy atom. The van der Waals surface area contributed by atoms with Crippen molar-refractivity contribution < 1.29 is 22.7 Å². The summed E-state index contributed by atoms with van der Waals surface area (Å²) in [6, 6.07) is 0. The van der Waals surface area contributed by atoms with E-state index in [0.717, 1.165) is 0 Å². The number of halogens is 3. The molecule has 0 aliphatic heterocycles. The third-order valence-corrected chi connectivity index (χ3v) is 0.732. The molecule has 0 aromatic carbocycles. The molecular weight excluding hydrogens is 177 g/mol. The maximum atomic E-state index is 11.4. The van der Waals surface area contributed by atoms with Crippen LogP contribution in [-0.4, -0.2) is 24.6 Å². The van der Waals surface area contributed by atoms with Gasteiger partial charge in [-0.15, -0.1) is 0 Å². The van der Waals surface area contributed by atoms with Crippen LogP contribution in [0.1, 0.15) is 6.42 Å². The fourth-order valence-electron chi connectivity index (χ4n) is 0.369. The Balaban J connectivity index is 3.65. The molecule has 0 aromatic heterocycles. The van der Waals surface area contributed by atoms with Crippen molar-refractivity contribution in [3.05, 3.63) is 0 Å². The van der Waals surface area contributed by atoms with E-state index in [1.165, 1.54) is 0 Å². The molecule has 0 spiro atoms. The van der Waals surface area contributed by atoms with Crippen LogP contribution in [0.25, 0.3) is 0 Å². The molecule has 0 rings (SSSR count). The highest BCUT2D eigenvalue weighted by Gasteiger charge is 2.29. The first-order chi connectivity index (χ1) is 5.31. The third-order valence-electron chi connectivity index (χ3n) is 0.732. The van der Waals surface area contributed by atoms with Crippen LogP contribution in [0.15, 0.2) is 0 Å². The topological polar surface area (TPSA) is 76.2 Å². The Morgan fingerprint density at radius 3 is 2.33 bits per heavy atom. The molecule has 0 saturated heterocycles. The number of nitrogens with one attached hydrogen (secondary N) is 1. The van der Waals surface area contributed by atoms with E-state index in [0.29, 0.717) is 0 Å². The molecule has 0 atom stereocenters. The minimum atomic E-state index is -4.54. The van der Waals surface area contributed by atoms with Gasteiger partial charge in [0.1, 0.15) is 12.3 Å². The van der Waals surface area contributed by atoms with Gasteiger partial charge in [-0.3, -0.25) is 10.2 Å². The first kappa shape index (κ1) is 10.7. The van der Waals surface area contributed by atoms with Crippen molar-refractivity contribution in [1.82, 2.24) is 0 Å². The number of rotatable bonds is 3. The molecule has 12 heavy (non-hydrogen) atoms. The van der Waals surface area contributed by atoms with Crippen LogP contribution < -0.4 is 5.73 Å². The zero-order valence-corrected chi connectivity index (χ0v) is 5.94. The summed E-state index contributed by atoms with van der Waals surface area (Å²) in [6.45, 7) is -1.64. The number of amidine groups is 1. The molecule has 0 bridgehead atoms. The summed E-state index contributed by atoms with van der Waals surface area (Å²) in [6.07, 6.45) is -5.15. The number of alkyl halides is 3. The molecule has 0 amide bonds. The molecule has 3 N–H and O–H groups in total. The van der Waals surface area contributed by atoms with Gasteiger partial charge in [-0.05, 0) is 0 Å². The summed E-state index contributed by atoms with van der Waals surface area (Å²) in [5.74, 6) is -1.68. The average molecular weight is 184 g/mol. The molecule has 0 unspecified atom stereocenters. The van der Waals surface area contributed by atoms with E-state index in [-0.39, 0.29) is 0 Å². The number of hydrogen-bond donors (Lipinski definition) is 2. The predicted octanol–water partition coefficient (Wildman–Crippen LogP) is 0.418. The summed E-state index contributed by atoms with van der Waals surface area (Å²) in [5, 5.41) is 6.55. The fraction of sp³-hybridized carbons (Fsp3) is 0.600. The molecular formula is C5H7F3N2O2. The van der Waals surface area contributed by atoms with Gasteiger partial charge in [-0.1, -0.05) is 0 Å². The zero-order valence-electron chi connectivity index (χ0n) is 5.94. The summed E-state index contributed by atoms with van der Waals surface area (Å²) >= 11 is 0. The zero-order chi connectivity index (χ0) is 9.78. The molecule has 4 nitrogen and oxygen atoms in total. The Bertz CT molecular complexity index is 190. The standard InChI is InChI=1S/C5H7F3N2O2/c6-5(7,8)2-12-4(11)1-3(9)10/h1-2H2,(H3,9,10). The lowest BCUT2D eigenvalue weighted by Crippen LogP contribution is -2.23. The van der Waals surface area contributed by atoms with Crippen LogP contribution in [0.5, 0.6) is 0 Å². The quantitative estimate of drug-likeness (QED) is 0.379. The highest BCUT2D eigenvalue weighted by Crippen LogP contribution is 2.14. The van der Waals surface area contributed by atoms with Gasteiger partial charge in [0.05, 0.1) is 0 Å². The van der Waals surface area contributed by atoms with Crippen molar-refractivity contribution >= 4 is 11.8 Å². The largest absolute Gasteiger partial charge is 0.456 e. The maximum absolute atomic E-state index is 11.4. The first-order valence-corrected chi connectivity index (χ1v) is 2.86. The fourth-order valence-corrected chi connectivity index (χ4v) is 0.369. The van der Waals surface area contributed by atoms with E-state index in [4.69, 9.17) is 11.1 Å². The van der Waals surface area contributed by atoms with Crippen molar-refractivity contribution in [2.75, 3.05) is 6.61 Å². The van der Waals surface area contributed by atoms with E-state index in [9.17, 15) is 18.0 Å². The summed E-state index contributed by atoms with van der Waals surface area (Å²) < 4.78 is 37.9. The Labute approximate surface area is 66.0 Å². The molecule has 0 heterocycles. The minimum absolute atomic E-state index is 0.526. The summed E-state index contributed by atoms with van der Waals surface area (Å²) in [5.41, 5.74) is 4.73. The summed E-state index contributed by atoms with van der Waals surface area (Å²) in [4.78, 5) is 10.4. The minimum Gasteiger partial charge on any atom is -0.456 e. The van der Waals surface area contributed by atoms with E-state index in [1.54, 1.807) is 0 Å². The van der Waals surface area contributed by atoms with Crippen molar-refractivity contribution in [2.45, 2.75) is 12.6 Å². The number of carbonyl (C=O) groups is 1. The molecule has 0 aliphatic carbocycles. The first-order valence-electron chi connectivity index (χ1n) is 2.86. The predicted molar refractivity (Wildman–Crippen MR) is 33.5 cm³/mol. The lowest BCUT2D eigenvalue weighted by molar-refractivity contribution is -0.185. The lowest BCUT2D eigenvalue weighted by Gasteiger charge is -2.06. The Morgan fingerprint density at radius 1 is 1.50 bits per heavy atom. The van der Waals surface area contributed by atoms with Gasteiger partial charge < -0.3 is 10.5 Å². The van der Waals surface area contributed by atoms with E-state index in [2.05, 4.69) is 4.74 Å². The maximum Gasteiger partial charge on any atom is 0.422 e. The second-order valence-corrected chi connectivity index (χ2v) is 1.98. The van der Waals surface area contributed by atoms with Crippen LogP contribution in [0.3, 0.4) is 0 Å². The SMILES string of the molecule is N=C(N)CC(=O)OCC(F)(F)F. The van der Waals surface area contributed by atoms with E-state index >= 15 is 0 Å². The smallest absolute Gasteiger partial charge is 0.422 e. The lowest BCUT2D eigenvalue weighted by atomic mass is 10.4. The highest BCUT2D eigenvalue weighted by molar-refractivity contribution is 5.94. The van der Waals surface area contributed by atoms with Crippen molar-refractivity contribution in [3.63, 3.8) is 0 Å². The Hall–Kier alpha value is -1.27. The molecule has 0 saturated carbocycles. The molecule has 0 aliphatic rings. The second-order valence-electron chi connectivity index (χ2n) is 1.98. The molecule has 0 radical (unpaired) electrons. The van der Waals surface area contributed by atoms with Crippen LogP contribution in [0.4, 0.5) is 13.2 Å². The van der Waals surface area contributed by atoms with Crippen molar-refractivity contribution in [3.8, 4) is 0 Å². The van der Waals surface area contributed by atoms with Crippen LogP contribution in [-0.2, 0) is 9.53 Å². The van der Waals surface area contributed by atoms with Gasteiger partial charge in [0.15, 0.2) is 6.61 Å². The molecule has 70 valence electrons. The van der Waals surface area contributed by atoms with Crippen molar-refractivity contribution in [1.29, 1.82) is 5.41 Å². The number of esters is 1. The number of carbonyl (C=O) groups excluding carboxylic acids is 1. The van der Waals surface area contributed by atoms with Gasteiger partial charge in [0.2, 0.25) is 0 Å². The monoisotopic (exact) mass is 184 g/mol. The van der Waals surface area contributed by atoms with Gasteiger partial charge in [-0.25, -0.2) is 0 Å². The number of hydrogen-bond acceptors (Lipinski definition) is 3. The Kier molecular flexibility index (Phi) is 3.52. The second kappa shape index (κ2) is 3.93. The highest BCUT2D eigenvalue weighted by atomic mass is 19.4. The van der Waals surface area contributed by atoms with Gasteiger partial charge in [0.25, 0.3) is 0 Å². The molecule has 0 aromatic rings. The van der Waals surface area contributed by atoms with Gasteiger partial charge >= 0.3 is 12.1 Å². The van der Waals surface area contributed by atoms with E-state index < -0.39 is 31.0 Å². The normalized spacial score (nSPS) is 10.9. The van der Waals surface area contributed by atoms with Crippen LogP contribution in [0, 0.1) is 5.41 Å². The number of nitrogens with two attached hydrogens (primary N) is 1. The average Bonchev–Trinajstić information content (AvgIpc) is 1.80. The number of ether oxygens (including phenoxy) is 1. The van der Waals surface area contributed by atoms with Crippen molar-refractivity contribution in [2.24, 2.45) is 5.73 Å². The van der Waals surface area contributed by atoms with E-state index in [1.807, 2.05) is 0 Å².